The van der Waals surface area contributed by atoms with Crippen LogP contribution < -0.4 is 16.0 Å². The summed E-state index contributed by atoms with van der Waals surface area (Å²) in [6.45, 7) is 4.69. The molecule has 2 aromatic rings. The third-order valence-electron chi connectivity index (χ3n) is 3.79. The SMILES string of the molecule is CN=C(NCc1cccc(C(=O)NCCN(C)C)c1)NCc1ncc(C)s1.I. The van der Waals surface area contributed by atoms with Crippen molar-refractivity contribution < 1.29 is 4.79 Å². The van der Waals surface area contributed by atoms with Crippen molar-refractivity contribution in [1.29, 1.82) is 0 Å². The van der Waals surface area contributed by atoms with Crippen LogP contribution in [0.5, 0.6) is 0 Å². The monoisotopic (exact) mass is 516 g/mol. The molecular weight excluding hydrogens is 487 g/mol. The van der Waals surface area contributed by atoms with Crippen molar-refractivity contribution in [3.05, 3.63) is 51.5 Å². The fraction of sp³-hybridized carbons (Fsp3) is 0.421. The summed E-state index contributed by atoms with van der Waals surface area (Å²) in [5, 5.41) is 10.5. The van der Waals surface area contributed by atoms with Gasteiger partial charge in [-0.1, -0.05) is 12.1 Å². The zero-order chi connectivity index (χ0) is 19.6. The molecule has 7 nitrogen and oxygen atoms in total. The van der Waals surface area contributed by atoms with Crippen molar-refractivity contribution in [2.24, 2.45) is 4.99 Å². The topological polar surface area (TPSA) is 81.7 Å². The minimum Gasteiger partial charge on any atom is -0.352 e. The second-order valence-corrected chi connectivity index (χ2v) is 7.72. The molecule has 0 unspecified atom stereocenters. The van der Waals surface area contributed by atoms with Crippen LogP contribution in [-0.4, -0.2) is 56.0 Å². The molecule has 0 saturated carbocycles. The Hall–Kier alpha value is -1.72. The normalized spacial score (nSPS) is 11.1. The summed E-state index contributed by atoms with van der Waals surface area (Å²) >= 11 is 1.66. The van der Waals surface area contributed by atoms with Gasteiger partial charge >= 0.3 is 0 Å². The van der Waals surface area contributed by atoms with E-state index in [0.29, 0.717) is 31.2 Å². The maximum absolute atomic E-state index is 12.2. The summed E-state index contributed by atoms with van der Waals surface area (Å²) in [6.07, 6.45) is 1.87. The van der Waals surface area contributed by atoms with Crippen LogP contribution in [0.15, 0.2) is 35.5 Å². The first-order chi connectivity index (χ1) is 13.0. The van der Waals surface area contributed by atoms with Gasteiger partial charge in [-0.15, -0.1) is 35.3 Å². The Kier molecular flexibility index (Phi) is 11.0. The van der Waals surface area contributed by atoms with Crippen molar-refractivity contribution in [1.82, 2.24) is 25.8 Å². The van der Waals surface area contributed by atoms with Crippen molar-refractivity contribution in [2.45, 2.75) is 20.0 Å². The molecule has 28 heavy (non-hydrogen) atoms. The zero-order valence-corrected chi connectivity index (χ0v) is 19.9. The Morgan fingerprint density at radius 3 is 2.61 bits per heavy atom. The number of benzene rings is 1. The summed E-state index contributed by atoms with van der Waals surface area (Å²) in [6, 6.07) is 7.61. The molecule has 1 heterocycles. The Balaban J connectivity index is 0.00000392. The average Bonchev–Trinajstić information content (AvgIpc) is 3.07. The van der Waals surface area contributed by atoms with E-state index < -0.39 is 0 Å². The lowest BCUT2D eigenvalue weighted by atomic mass is 10.1. The van der Waals surface area contributed by atoms with Crippen LogP contribution in [0, 0.1) is 6.92 Å². The van der Waals surface area contributed by atoms with Gasteiger partial charge in [-0.05, 0) is 38.7 Å². The van der Waals surface area contributed by atoms with Crippen molar-refractivity contribution in [3.63, 3.8) is 0 Å². The highest BCUT2D eigenvalue weighted by atomic mass is 127. The maximum atomic E-state index is 12.2. The van der Waals surface area contributed by atoms with E-state index >= 15 is 0 Å². The van der Waals surface area contributed by atoms with Gasteiger partial charge in [-0.2, -0.15) is 0 Å². The standard InChI is InChI=1S/C19H28N6OS.HI/c1-14-11-22-17(27-14)13-24-19(20-2)23-12-15-6-5-7-16(10-15)18(26)21-8-9-25(3)4;/h5-7,10-11H,8-9,12-13H2,1-4H3,(H,21,26)(H2,20,23,24);1H. The van der Waals surface area contributed by atoms with Gasteiger partial charge < -0.3 is 20.9 Å². The van der Waals surface area contributed by atoms with E-state index in [-0.39, 0.29) is 29.9 Å². The summed E-state index contributed by atoms with van der Waals surface area (Å²) < 4.78 is 0. The van der Waals surface area contributed by atoms with Crippen LogP contribution in [-0.2, 0) is 13.1 Å². The first-order valence-corrected chi connectivity index (χ1v) is 9.67. The number of aryl methyl sites for hydroxylation is 1. The fourth-order valence-corrected chi connectivity index (χ4v) is 3.09. The molecule has 2 rings (SSSR count). The molecule has 0 aliphatic heterocycles. The van der Waals surface area contributed by atoms with Gasteiger partial charge in [0, 0.05) is 43.3 Å². The number of rotatable bonds is 8. The summed E-state index contributed by atoms with van der Waals surface area (Å²) in [5.41, 5.74) is 1.68. The lowest BCUT2D eigenvalue weighted by Gasteiger charge is -2.12. The Labute approximate surface area is 188 Å². The summed E-state index contributed by atoms with van der Waals surface area (Å²) in [7, 11) is 5.70. The maximum Gasteiger partial charge on any atom is 0.251 e. The predicted octanol–water partition coefficient (Wildman–Crippen LogP) is 2.23. The van der Waals surface area contributed by atoms with Crippen LogP contribution in [0.4, 0.5) is 0 Å². The Bertz CT molecular complexity index is 777. The molecule has 0 bridgehead atoms. The largest absolute Gasteiger partial charge is 0.352 e. The number of halogens is 1. The van der Waals surface area contributed by atoms with Crippen molar-refractivity contribution in [2.75, 3.05) is 34.2 Å². The molecule has 0 atom stereocenters. The van der Waals surface area contributed by atoms with E-state index in [2.05, 4.69) is 25.9 Å². The summed E-state index contributed by atoms with van der Waals surface area (Å²) in [5.74, 6) is 0.643. The number of likely N-dealkylation sites (N-methyl/N-ethyl adjacent to an activating group) is 1. The lowest BCUT2D eigenvalue weighted by Crippen LogP contribution is -2.36. The number of nitrogens with one attached hydrogen (secondary N) is 3. The predicted molar refractivity (Wildman–Crippen MR) is 127 cm³/mol. The smallest absolute Gasteiger partial charge is 0.251 e. The van der Waals surface area contributed by atoms with Crippen LogP contribution in [0.3, 0.4) is 0 Å². The number of carbonyl (C=O) groups excluding carboxylic acids is 1. The van der Waals surface area contributed by atoms with Crippen LogP contribution in [0.25, 0.3) is 0 Å². The molecule has 154 valence electrons. The molecular formula is C19H29IN6OS. The first-order valence-electron chi connectivity index (χ1n) is 8.85. The molecule has 0 spiro atoms. The average molecular weight is 516 g/mol. The second-order valence-electron chi connectivity index (χ2n) is 6.40. The van der Waals surface area contributed by atoms with Crippen molar-refractivity contribution in [3.8, 4) is 0 Å². The number of hydrogen-bond donors (Lipinski definition) is 3. The van der Waals surface area contributed by atoms with E-state index in [0.717, 1.165) is 17.1 Å². The van der Waals surface area contributed by atoms with Gasteiger partial charge in [0.25, 0.3) is 5.91 Å². The van der Waals surface area contributed by atoms with Gasteiger partial charge in [0.1, 0.15) is 5.01 Å². The molecule has 3 N–H and O–H groups in total. The molecule has 0 aliphatic carbocycles. The van der Waals surface area contributed by atoms with Gasteiger partial charge in [-0.25, -0.2) is 4.98 Å². The molecule has 9 heteroatoms. The molecule has 1 aromatic carbocycles. The van der Waals surface area contributed by atoms with E-state index in [1.54, 1.807) is 18.4 Å². The highest BCUT2D eigenvalue weighted by Gasteiger charge is 2.07. The first kappa shape index (κ1) is 24.3. The number of hydrogen-bond acceptors (Lipinski definition) is 5. The van der Waals surface area contributed by atoms with Gasteiger partial charge in [0.2, 0.25) is 0 Å². The number of carbonyl (C=O) groups is 1. The fourth-order valence-electron chi connectivity index (χ4n) is 2.37. The van der Waals surface area contributed by atoms with Gasteiger partial charge in [-0.3, -0.25) is 9.79 Å². The third-order valence-corrected chi connectivity index (χ3v) is 4.71. The minimum atomic E-state index is -0.0552. The molecule has 0 fully saturated rings. The highest BCUT2D eigenvalue weighted by molar-refractivity contribution is 14.0. The summed E-state index contributed by atoms with van der Waals surface area (Å²) in [4.78, 5) is 24.0. The Morgan fingerprint density at radius 2 is 1.96 bits per heavy atom. The van der Waals surface area contributed by atoms with Crippen LogP contribution in [0.1, 0.15) is 25.8 Å². The quantitative estimate of drug-likeness (QED) is 0.285. The third kappa shape index (κ3) is 8.53. The van der Waals surface area contributed by atoms with E-state index in [9.17, 15) is 4.79 Å². The Morgan fingerprint density at radius 1 is 1.21 bits per heavy atom. The second kappa shape index (κ2) is 12.7. The highest BCUT2D eigenvalue weighted by Crippen LogP contribution is 2.10. The van der Waals surface area contributed by atoms with Crippen LogP contribution >= 0.6 is 35.3 Å². The van der Waals surface area contributed by atoms with Crippen LogP contribution in [0.2, 0.25) is 0 Å². The van der Waals surface area contributed by atoms with Gasteiger partial charge in [0.05, 0.1) is 6.54 Å². The lowest BCUT2D eigenvalue weighted by molar-refractivity contribution is 0.0951. The van der Waals surface area contributed by atoms with E-state index in [4.69, 9.17) is 0 Å². The molecule has 1 amide bonds. The van der Waals surface area contributed by atoms with E-state index in [1.165, 1.54) is 4.88 Å². The number of guanidine groups is 1. The van der Waals surface area contributed by atoms with Crippen molar-refractivity contribution >= 4 is 47.2 Å². The molecule has 1 aromatic heterocycles. The number of amides is 1. The number of aliphatic imine (C=N–C) groups is 1. The molecule has 0 saturated heterocycles. The molecule has 0 radical (unpaired) electrons. The molecule has 0 aliphatic rings. The zero-order valence-electron chi connectivity index (χ0n) is 16.8. The van der Waals surface area contributed by atoms with Gasteiger partial charge in [0.15, 0.2) is 5.96 Å². The minimum absolute atomic E-state index is 0. The number of nitrogens with zero attached hydrogens (tertiary/aromatic N) is 3. The number of thiazole rings is 1. The number of aromatic nitrogens is 1. The van der Waals surface area contributed by atoms with E-state index in [1.807, 2.05) is 56.4 Å².